The Kier molecular flexibility index (Phi) is 6.16. The molecule has 0 aromatic heterocycles. The molecule has 2 saturated heterocycles. The molecule has 27 heavy (non-hydrogen) atoms. The molecule has 0 unspecified atom stereocenters. The van der Waals surface area contributed by atoms with Gasteiger partial charge < -0.3 is 19.9 Å². The van der Waals surface area contributed by atoms with Gasteiger partial charge >= 0.3 is 12.1 Å². The molecule has 1 aromatic carbocycles. The van der Waals surface area contributed by atoms with E-state index in [9.17, 15) is 14.4 Å². The van der Waals surface area contributed by atoms with Crippen molar-refractivity contribution in [2.24, 2.45) is 0 Å². The largest absolute Gasteiger partial charge is 0.450 e. The first-order valence-corrected chi connectivity index (χ1v) is 9.41. The summed E-state index contributed by atoms with van der Waals surface area (Å²) in [5, 5.41) is 2.98. The lowest BCUT2D eigenvalue weighted by molar-refractivity contribution is -0.122. The van der Waals surface area contributed by atoms with Crippen LogP contribution in [-0.2, 0) is 9.53 Å². The Bertz CT molecular complexity index is 674. The maximum atomic E-state index is 12.5. The molecule has 4 amide bonds. The van der Waals surface area contributed by atoms with Crippen LogP contribution in [-0.4, -0.2) is 73.2 Å². The highest BCUT2D eigenvalue weighted by molar-refractivity contribution is 5.96. The van der Waals surface area contributed by atoms with Gasteiger partial charge in [-0.1, -0.05) is 18.2 Å². The number of nitrogens with zero attached hydrogens (tertiary/aromatic N) is 3. The van der Waals surface area contributed by atoms with E-state index in [1.807, 2.05) is 30.3 Å². The number of nitrogens with one attached hydrogen (secondary N) is 1. The Morgan fingerprint density at radius 1 is 1.11 bits per heavy atom. The van der Waals surface area contributed by atoms with Gasteiger partial charge in [0.25, 0.3) is 0 Å². The SMILES string of the molecule is CCOC(=O)N1CCC(NC(=O)CN2CCN(c3ccccc3)C2=O)CC1. The number of likely N-dealkylation sites (tertiary alicyclic amines) is 1. The molecule has 0 bridgehead atoms. The van der Waals surface area contributed by atoms with Gasteiger partial charge in [0, 0.05) is 37.9 Å². The average molecular weight is 374 g/mol. The lowest BCUT2D eigenvalue weighted by atomic mass is 10.1. The first-order valence-electron chi connectivity index (χ1n) is 9.41. The smallest absolute Gasteiger partial charge is 0.409 e. The summed E-state index contributed by atoms with van der Waals surface area (Å²) < 4.78 is 5.00. The highest BCUT2D eigenvalue weighted by Crippen LogP contribution is 2.19. The number of carbonyl (C=O) groups is 3. The van der Waals surface area contributed by atoms with Crippen LogP contribution in [0.15, 0.2) is 30.3 Å². The Morgan fingerprint density at radius 2 is 1.81 bits per heavy atom. The molecule has 146 valence electrons. The standard InChI is InChI=1S/C19H26N4O4/c1-2-27-19(26)21-10-8-15(9-11-21)20-17(24)14-22-12-13-23(18(22)25)16-6-4-3-5-7-16/h3-7,15H,2,8-14H2,1H3,(H,20,24). The third-order valence-electron chi connectivity index (χ3n) is 4.88. The summed E-state index contributed by atoms with van der Waals surface area (Å²) in [5.74, 6) is -0.159. The van der Waals surface area contributed by atoms with Gasteiger partial charge in [0.2, 0.25) is 5.91 Å². The molecular formula is C19H26N4O4. The van der Waals surface area contributed by atoms with Crippen molar-refractivity contribution in [3.05, 3.63) is 30.3 Å². The summed E-state index contributed by atoms with van der Waals surface area (Å²) in [7, 11) is 0. The number of hydrogen-bond donors (Lipinski definition) is 1. The quantitative estimate of drug-likeness (QED) is 0.850. The third-order valence-corrected chi connectivity index (χ3v) is 4.88. The third kappa shape index (κ3) is 4.69. The van der Waals surface area contributed by atoms with E-state index in [1.54, 1.807) is 21.6 Å². The highest BCUT2D eigenvalue weighted by atomic mass is 16.6. The minimum absolute atomic E-state index is 0.0195. The maximum Gasteiger partial charge on any atom is 0.409 e. The lowest BCUT2D eigenvalue weighted by Gasteiger charge is -2.31. The molecule has 2 heterocycles. The summed E-state index contributed by atoms with van der Waals surface area (Å²) in [6.45, 7) is 4.43. The van der Waals surface area contributed by atoms with Crippen LogP contribution in [0.5, 0.6) is 0 Å². The lowest BCUT2D eigenvalue weighted by Crippen LogP contribution is -2.49. The van der Waals surface area contributed by atoms with E-state index in [4.69, 9.17) is 4.74 Å². The zero-order valence-electron chi connectivity index (χ0n) is 15.6. The van der Waals surface area contributed by atoms with E-state index in [1.165, 1.54) is 0 Å². The van der Waals surface area contributed by atoms with Gasteiger partial charge in [0.05, 0.1) is 6.61 Å². The second-order valence-electron chi connectivity index (χ2n) is 6.72. The summed E-state index contributed by atoms with van der Waals surface area (Å²) in [5.41, 5.74) is 0.844. The summed E-state index contributed by atoms with van der Waals surface area (Å²) in [4.78, 5) is 41.5. The monoisotopic (exact) mass is 374 g/mol. The molecule has 0 aliphatic carbocycles. The van der Waals surface area contributed by atoms with Gasteiger partial charge in [-0.25, -0.2) is 9.59 Å². The van der Waals surface area contributed by atoms with E-state index < -0.39 is 0 Å². The normalized spacial score (nSPS) is 18.0. The Balaban J connectivity index is 1.44. The number of para-hydroxylation sites is 1. The number of benzene rings is 1. The summed E-state index contributed by atoms with van der Waals surface area (Å²) >= 11 is 0. The van der Waals surface area contributed by atoms with Gasteiger partial charge in [-0.3, -0.25) is 9.69 Å². The molecule has 3 rings (SSSR count). The van der Waals surface area contributed by atoms with Crippen molar-refractivity contribution >= 4 is 23.7 Å². The number of rotatable bonds is 5. The average Bonchev–Trinajstić information content (AvgIpc) is 3.03. The molecule has 2 fully saturated rings. The minimum Gasteiger partial charge on any atom is -0.450 e. The van der Waals surface area contributed by atoms with Crippen molar-refractivity contribution < 1.29 is 19.1 Å². The van der Waals surface area contributed by atoms with E-state index in [-0.39, 0.29) is 30.6 Å². The van der Waals surface area contributed by atoms with Crippen molar-refractivity contribution in [2.75, 3.05) is 44.2 Å². The summed E-state index contributed by atoms with van der Waals surface area (Å²) in [6, 6.07) is 9.33. The van der Waals surface area contributed by atoms with Crippen LogP contribution in [0, 0.1) is 0 Å². The van der Waals surface area contributed by atoms with Gasteiger partial charge in [0.15, 0.2) is 0 Å². The molecule has 8 nitrogen and oxygen atoms in total. The van der Waals surface area contributed by atoms with Gasteiger partial charge in [-0.15, -0.1) is 0 Å². The van der Waals surface area contributed by atoms with Crippen LogP contribution in [0.25, 0.3) is 0 Å². The second kappa shape index (κ2) is 8.75. The molecule has 1 aromatic rings. The predicted octanol–water partition coefficient (Wildman–Crippen LogP) is 1.67. The van der Waals surface area contributed by atoms with Crippen LogP contribution < -0.4 is 10.2 Å². The van der Waals surface area contributed by atoms with Gasteiger partial charge in [0.1, 0.15) is 6.54 Å². The number of anilines is 1. The number of carbonyl (C=O) groups excluding carboxylic acids is 3. The highest BCUT2D eigenvalue weighted by Gasteiger charge is 2.31. The molecule has 2 aliphatic heterocycles. The Labute approximate surface area is 159 Å². The minimum atomic E-state index is -0.300. The maximum absolute atomic E-state index is 12.5. The molecular weight excluding hydrogens is 348 g/mol. The number of amides is 4. The molecule has 0 atom stereocenters. The molecule has 8 heteroatoms. The van der Waals surface area contributed by atoms with Gasteiger partial charge in [-0.05, 0) is 31.9 Å². The fourth-order valence-corrected chi connectivity index (χ4v) is 3.44. The fourth-order valence-electron chi connectivity index (χ4n) is 3.44. The first kappa shape index (κ1) is 19.0. The zero-order chi connectivity index (χ0) is 19.2. The van der Waals surface area contributed by atoms with Crippen molar-refractivity contribution in [1.29, 1.82) is 0 Å². The number of piperidine rings is 1. The summed E-state index contributed by atoms with van der Waals surface area (Å²) in [6.07, 6.45) is 1.08. The van der Waals surface area contributed by atoms with Crippen LogP contribution >= 0.6 is 0 Å². The van der Waals surface area contributed by atoms with E-state index in [0.29, 0.717) is 45.6 Å². The molecule has 0 radical (unpaired) electrons. The predicted molar refractivity (Wildman–Crippen MR) is 101 cm³/mol. The Morgan fingerprint density at radius 3 is 2.48 bits per heavy atom. The van der Waals surface area contributed by atoms with E-state index >= 15 is 0 Å². The fraction of sp³-hybridized carbons (Fsp3) is 0.526. The topological polar surface area (TPSA) is 82.2 Å². The van der Waals surface area contributed by atoms with E-state index in [2.05, 4.69) is 5.32 Å². The van der Waals surface area contributed by atoms with Crippen LogP contribution in [0.1, 0.15) is 19.8 Å². The molecule has 0 saturated carbocycles. The molecule has 0 spiro atoms. The number of urea groups is 1. The van der Waals surface area contributed by atoms with Crippen molar-refractivity contribution in [1.82, 2.24) is 15.1 Å². The second-order valence-corrected chi connectivity index (χ2v) is 6.72. The first-order chi connectivity index (χ1) is 13.1. The molecule has 1 N–H and O–H groups in total. The van der Waals surface area contributed by atoms with Crippen molar-refractivity contribution in [3.8, 4) is 0 Å². The zero-order valence-corrected chi connectivity index (χ0v) is 15.6. The van der Waals surface area contributed by atoms with Crippen molar-refractivity contribution in [3.63, 3.8) is 0 Å². The number of hydrogen-bond acceptors (Lipinski definition) is 4. The van der Waals surface area contributed by atoms with Crippen LogP contribution in [0.4, 0.5) is 15.3 Å². The van der Waals surface area contributed by atoms with Crippen LogP contribution in [0.3, 0.4) is 0 Å². The van der Waals surface area contributed by atoms with Crippen LogP contribution in [0.2, 0.25) is 0 Å². The van der Waals surface area contributed by atoms with Gasteiger partial charge in [-0.2, -0.15) is 0 Å². The molecule has 2 aliphatic rings. The van der Waals surface area contributed by atoms with E-state index in [0.717, 1.165) is 5.69 Å². The van der Waals surface area contributed by atoms with Crippen molar-refractivity contribution in [2.45, 2.75) is 25.8 Å². The number of ether oxygens (including phenoxy) is 1. The Hall–Kier alpha value is -2.77.